The lowest BCUT2D eigenvalue weighted by molar-refractivity contribution is -0.131. The number of carboxylic acid groups (broad SMARTS) is 1. The Kier molecular flexibility index (Phi) is 7.43. The van der Waals surface area contributed by atoms with Gasteiger partial charge in [-0.2, -0.15) is 0 Å². The van der Waals surface area contributed by atoms with Crippen LogP contribution in [0.5, 0.6) is 5.75 Å². The van der Waals surface area contributed by atoms with E-state index in [0.29, 0.717) is 16.1 Å². The minimum atomic E-state index is -1.13. The number of anilines is 1. The van der Waals surface area contributed by atoms with Gasteiger partial charge in [0.1, 0.15) is 12.4 Å². The molecule has 0 aromatic heterocycles. The minimum absolute atomic E-state index is 0.106. The molecule has 0 saturated carbocycles. The van der Waals surface area contributed by atoms with Crippen molar-refractivity contribution in [1.29, 1.82) is 0 Å². The van der Waals surface area contributed by atoms with Gasteiger partial charge in [-0.1, -0.05) is 65.7 Å². The molecule has 1 amide bonds. The van der Waals surface area contributed by atoms with E-state index in [4.69, 9.17) is 33.0 Å². The molecule has 1 unspecified atom stereocenters. The fourth-order valence-electron chi connectivity index (χ4n) is 3.88. The number of aliphatic carboxylic acids is 1. The Labute approximate surface area is 216 Å². The maximum absolute atomic E-state index is 13.5. The summed E-state index contributed by atoms with van der Waals surface area (Å²) in [4.78, 5) is 38.9. The third-order valence-corrected chi connectivity index (χ3v) is 5.94. The normalized spacial score (nSPS) is 15.6. The summed E-state index contributed by atoms with van der Waals surface area (Å²) in [5, 5.41) is 20.5. The molecule has 7 nitrogen and oxygen atoms in total. The number of carbonyl (C=O) groups excluding carboxylic acids is 2. The van der Waals surface area contributed by atoms with Gasteiger partial charge >= 0.3 is 5.97 Å². The average molecular weight is 524 g/mol. The van der Waals surface area contributed by atoms with Crippen molar-refractivity contribution in [3.8, 4) is 5.75 Å². The van der Waals surface area contributed by atoms with E-state index < -0.39 is 29.5 Å². The lowest BCUT2D eigenvalue weighted by Crippen LogP contribution is -2.31. The predicted octanol–water partition coefficient (Wildman–Crippen LogP) is 5.80. The number of hydrogen-bond acceptors (Lipinski definition) is 5. The van der Waals surface area contributed by atoms with Crippen LogP contribution in [0.25, 0.3) is 0 Å². The van der Waals surface area contributed by atoms with E-state index in [-0.39, 0.29) is 28.6 Å². The second-order valence-corrected chi connectivity index (χ2v) is 8.62. The van der Waals surface area contributed by atoms with Crippen molar-refractivity contribution in [2.45, 2.75) is 6.04 Å². The van der Waals surface area contributed by atoms with Crippen molar-refractivity contribution in [1.82, 2.24) is 0 Å². The van der Waals surface area contributed by atoms with E-state index >= 15 is 0 Å². The number of amides is 1. The van der Waals surface area contributed by atoms with Crippen LogP contribution >= 0.6 is 23.2 Å². The molecule has 1 heterocycles. The van der Waals surface area contributed by atoms with Crippen LogP contribution in [0.1, 0.15) is 22.0 Å². The molecule has 0 aliphatic carbocycles. The van der Waals surface area contributed by atoms with E-state index in [1.165, 1.54) is 23.1 Å². The van der Waals surface area contributed by atoms with Crippen LogP contribution in [0.4, 0.5) is 5.69 Å². The van der Waals surface area contributed by atoms with Crippen LogP contribution in [0.3, 0.4) is 0 Å². The zero-order valence-corrected chi connectivity index (χ0v) is 20.1. The minimum Gasteiger partial charge on any atom is -0.503 e. The molecule has 3 aromatic rings. The maximum Gasteiger partial charge on any atom is 0.328 e. The molecule has 0 saturated heterocycles. The fraction of sp³-hybridized carbons (Fsp3) is 0.0741. The molecular formula is C27H19Cl2NO6. The van der Waals surface area contributed by atoms with Crippen LogP contribution in [-0.2, 0) is 9.59 Å². The summed E-state index contributed by atoms with van der Waals surface area (Å²) in [6, 6.07) is 18.4. The number of carboxylic acids is 1. The first kappa shape index (κ1) is 25.0. The molecule has 3 aromatic carbocycles. The van der Waals surface area contributed by atoms with Crippen LogP contribution in [0.15, 0.2) is 96.3 Å². The molecule has 1 atom stereocenters. The molecule has 182 valence electrons. The average Bonchev–Trinajstić information content (AvgIpc) is 3.13. The van der Waals surface area contributed by atoms with Gasteiger partial charge in [-0.15, -0.1) is 0 Å². The molecule has 0 spiro atoms. The Morgan fingerprint density at radius 3 is 2.31 bits per heavy atom. The first-order valence-corrected chi connectivity index (χ1v) is 11.5. The number of aliphatic hydroxyl groups is 1. The van der Waals surface area contributed by atoms with Gasteiger partial charge in [0.15, 0.2) is 11.5 Å². The number of nitrogens with zero attached hydrogens (tertiary/aromatic N) is 1. The van der Waals surface area contributed by atoms with Crippen LogP contribution in [-0.4, -0.2) is 34.5 Å². The van der Waals surface area contributed by atoms with E-state index in [1.54, 1.807) is 60.7 Å². The molecule has 0 fully saturated rings. The van der Waals surface area contributed by atoms with Gasteiger partial charge in [-0.05, 0) is 42.0 Å². The Morgan fingerprint density at radius 2 is 1.64 bits per heavy atom. The zero-order chi connectivity index (χ0) is 25.8. The Balaban J connectivity index is 1.84. The standard InChI is InChI=1S/C27H19Cl2NO6/c28-18-10-8-16(9-11-18)24-23(25(33)17-5-2-1-3-6-17)26(34)27(35)30(24)20-15-19(29)12-13-21(20)36-14-4-7-22(31)32/h1-13,15,24,34H,14H2,(H,31,32)/b7-4+. The Hall–Kier alpha value is -4.07. The monoisotopic (exact) mass is 523 g/mol. The second kappa shape index (κ2) is 10.7. The number of Topliss-reactive ketones (excluding diaryl/α,β-unsaturated/α-hetero) is 1. The lowest BCUT2D eigenvalue weighted by Gasteiger charge is -2.28. The number of aliphatic hydroxyl groups excluding tert-OH is 1. The molecule has 2 N–H and O–H groups in total. The number of ether oxygens (including phenoxy) is 1. The van der Waals surface area contributed by atoms with Gasteiger partial charge in [0, 0.05) is 21.7 Å². The van der Waals surface area contributed by atoms with Gasteiger partial charge in [-0.3, -0.25) is 14.5 Å². The third-order valence-electron chi connectivity index (χ3n) is 5.45. The Bertz CT molecular complexity index is 1380. The van der Waals surface area contributed by atoms with Crippen molar-refractivity contribution in [2.75, 3.05) is 11.5 Å². The third kappa shape index (κ3) is 5.12. The van der Waals surface area contributed by atoms with Gasteiger partial charge in [0.25, 0.3) is 5.91 Å². The van der Waals surface area contributed by atoms with Gasteiger partial charge in [0.2, 0.25) is 0 Å². The highest BCUT2D eigenvalue weighted by Crippen LogP contribution is 2.45. The molecule has 1 aliphatic rings. The second-order valence-electron chi connectivity index (χ2n) is 7.75. The van der Waals surface area contributed by atoms with Crippen molar-refractivity contribution < 1.29 is 29.3 Å². The summed E-state index contributed by atoms with van der Waals surface area (Å²) in [6.45, 7) is -0.107. The number of benzene rings is 3. The van der Waals surface area contributed by atoms with Gasteiger partial charge < -0.3 is 14.9 Å². The summed E-state index contributed by atoms with van der Waals surface area (Å²) in [7, 11) is 0. The van der Waals surface area contributed by atoms with Crippen molar-refractivity contribution in [3.05, 3.63) is 117 Å². The number of halogens is 2. The molecule has 0 bridgehead atoms. The largest absolute Gasteiger partial charge is 0.503 e. The Morgan fingerprint density at radius 1 is 0.972 bits per heavy atom. The maximum atomic E-state index is 13.5. The summed E-state index contributed by atoms with van der Waals surface area (Å²) in [6.07, 6.45) is 2.22. The number of carbonyl (C=O) groups is 3. The summed E-state index contributed by atoms with van der Waals surface area (Å²) < 4.78 is 5.71. The lowest BCUT2D eigenvalue weighted by atomic mass is 9.92. The van der Waals surface area contributed by atoms with Gasteiger partial charge in [0.05, 0.1) is 17.3 Å². The van der Waals surface area contributed by atoms with Crippen LogP contribution in [0.2, 0.25) is 10.0 Å². The molecular weight excluding hydrogens is 505 g/mol. The predicted molar refractivity (Wildman–Crippen MR) is 136 cm³/mol. The smallest absolute Gasteiger partial charge is 0.328 e. The highest BCUT2D eigenvalue weighted by Gasteiger charge is 2.45. The number of rotatable bonds is 8. The van der Waals surface area contributed by atoms with Gasteiger partial charge in [-0.25, -0.2) is 4.79 Å². The highest BCUT2D eigenvalue weighted by molar-refractivity contribution is 6.31. The fourth-order valence-corrected chi connectivity index (χ4v) is 4.17. The first-order valence-electron chi connectivity index (χ1n) is 10.7. The van der Waals surface area contributed by atoms with E-state index in [0.717, 1.165) is 6.08 Å². The number of ketones is 1. The van der Waals surface area contributed by atoms with Crippen molar-refractivity contribution in [2.24, 2.45) is 0 Å². The van der Waals surface area contributed by atoms with E-state index in [2.05, 4.69) is 0 Å². The van der Waals surface area contributed by atoms with Crippen LogP contribution in [0, 0.1) is 0 Å². The molecule has 9 heteroatoms. The SMILES string of the molecule is O=C(O)/C=C/COc1ccc(Cl)cc1N1C(=O)C(O)=C(C(=O)c2ccccc2)C1c1ccc(Cl)cc1. The molecule has 1 aliphatic heterocycles. The van der Waals surface area contributed by atoms with Crippen molar-refractivity contribution >= 4 is 46.5 Å². The summed E-state index contributed by atoms with van der Waals surface area (Å²) in [5.41, 5.74) is 0.908. The topological polar surface area (TPSA) is 104 Å². The summed E-state index contributed by atoms with van der Waals surface area (Å²) >= 11 is 12.3. The molecule has 36 heavy (non-hydrogen) atoms. The highest BCUT2D eigenvalue weighted by atomic mass is 35.5. The van der Waals surface area contributed by atoms with Crippen molar-refractivity contribution in [3.63, 3.8) is 0 Å². The van der Waals surface area contributed by atoms with Crippen LogP contribution < -0.4 is 9.64 Å². The van der Waals surface area contributed by atoms with E-state index in [1.807, 2.05) is 0 Å². The number of hydrogen-bond donors (Lipinski definition) is 2. The van der Waals surface area contributed by atoms with E-state index in [9.17, 15) is 19.5 Å². The zero-order valence-electron chi connectivity index (χ0n) is 18.6. The molecule has 4 rings (SSSR count). The quantitative estimate of drug-likeness (QED) is 0.285. The first-order chi connectivity index (χ1) is 17.3. The molecule has 0 radical (unpaired) electrons. The summed E-state index contributed by atoms with van der Waals surface area (Å²) in [5.74, 6) is -2.96.